The number of nitrogens with zero attached hydrogens (tertiary/aromatic N) is 4. The second kappa shape index (κ2) is 6.75. The third kappa shape index (κ3) is 4.26. The Balaban J connectivity index is 2.12. The first kappa shape index (κ1) is 13.4. The normalized spacial score (nSPS) is 10.1. The molecule has 0 aliphatic heterocycles. The minimum Gasteiger partial charge on any atom is -0.393 e. The molecule has 6 heteroatoms. The minimum atomic E-state index is 0.500. The van der Waals surface area contributed by atoms with Gasteiger partial charge in [0.05, 0.1) is 4.99 Å². The van der Waals surface area contributed by atoms with E-state index in [0.717, 1.165) is 11.4 Å². The fourth-order valence-corrected chi connectivity index (χ4v) is 1.79. The van der Waals surface area contributed by atoms with Crippen LogP contribution in [0.2, 0.25) is 0 Å². The van der Waals surface area contributed by atoms with Crippen LogP contribution in [0.5, 0.6) is 0 Å². The van der Waals surface area contributed by atoms with Gasteiger partial charge in [0.15, 0.2) is 5.82 Å². The number of hydrogen-bond donors (Lipinski definition) is 1. The molecule has 0 aliphatic rings. The Hall–Kier alpha value is -2.08. The maximum Gasteiger partial charge on any atom is 0.151 e. The molecule has 0 unspecified atom stereocenters. The van der Waals surface area contributed by atoms with Crippen LogP contribution in [0.1, 0.15) is 12.0 Å². The van der Waals surface area contributed by atoms with E-state index in [-0.39, 0.29) is 0 Å². The van der Waals surface area contributed by atoms with Crippen molar-refractivity contribution in [3.8, 4) is 0 Å². The molecule has 0 fully saturated rings. The molecule has 2 heterocycles. The third-order valence-electron chi connectivity index (χ3n) is 2.61. The first-order valence-corrected chi connectivity index (χ1v) is 6.36. The van der Waals surface area contributed by atoms with Crippen molar-refractivity contribution in [2.75, 3.05) is 11.4 Å². The quantitative estimate of drug-likeness (QED) is 0.806. The van der Waals surface area contributed by atoms with Crippen molar-refractivity contribution >= 4 is 23.0 Å². The van der Waals surface area contributed by atoms with Crippen LogP contribution in [-0.4, -0.2) is 26.7 Å². The molecule has 0 atom stereocenters. The van der Waals surface area contributed by atoms with Crippen molar-refractivity contribution in [3.05, 3.63) is 48.4 Å². The maximum absolute atomic E-state index is 5.57. The second-order valence-electron chi connectivity index (χ2n) is 4.08. The summed E-state index contributed by atoms with van der Waals surface area (Å²) in [6, 6.07) is 7.72. The van der Waals surface area contributed by atoms with Crippen LogP contribution in [0.15, 0.2) is 42.9 Å². The lowest BCUT2D eigenvalue weighted by atomic mass is 10.2. The molecular weight excluding hydrogens is 258 g/mol. The van der Waals surface area contributed by atoms with Gasteiger partial charge in [0, 0.05) is 38.1 Å². The van der Waals surface area contributed by atoms with Gasteiger partial charge >= 0.3 is 0 Å². The molecule has 2 aromatic heterocycles. The van der Waals surface area contributed by atoms with Gasteiger partial charge in [-0.05, 0) is 23.8 Å². The highest BCUT2D eigenvalue weighted by molar-refractivity contribution is 7.80. The molecule has 2 rings (SSSR count). The first-order chi connectivity index (χ1) is 9.25. The molecule has 0 radical (unpaired) electrons. The molecule has 0 saturated carbocycles. The van der Waals surface area contributed by atoms with E-state index in [9.17, 15) is 0 Å². The number of pyridine rings is 1. The lowest BCUT2D eigenvalue weighted by Crippen LogP contribution is -2.28. The van der Waals surface area contributed by atoms with Crippen LogP contribution in [0.25, 0.3) is 0 Å². The van der Waals surface area contributed by atoms with Crippen LogP contribution in [0.4, 0.5) is 5.82 Å². The zero-order chi connectivity index (χ0) is 13.5. The highest BCUT2D eigenvalue weighted by Gasteiger charge is 2.09. The van der Waals surface area contributed by atoms with Crippen LogP contribution >= 0.6 is 12.2 Å². The average molecular weight is 273 g/mol. The summed E-state index contributed by atoms with van der Waals surface area (Å²) in [7, 11) is 0. The van der Waals surface area contributed by atoms with E-state index in [2.05, 4.69) is 20.1 Å². The van der Waals surface area contributed by atoms with Gasteiger partial charge in [-0.1, -0.05) is 18.3 Å². The zero-order valence-corrected chi connectivity index (χ0v) is 11.3. The van der Waals surface area contributed by atoms with Gasteiger partial charge in [-0.15, -0.1) is 5.10 Å². The van der Waals surface area contributed by atoms with E-state index in [1.54, 1.807) is 12.4 Å². The molecule has 98 valence electrons. The van der Waals surface area contributed by atoms with Gasteiger partial charge in [0.2, 0.25) is 0 Å². The summed E-state index contributed by atoms with van der Waals surface area (Å²) in [5, 5.41) is 8.03. The largest absolute Gasteiger partial charge is 0.393 e. The fourth-order valence-electron chi connectivity index (χ4n) is 1.69. The van der Waals surface area contributed by atoms with Gasteiger partial charge < -0.3 is 10.6 Å². The molecule has 0 aromatic carbocycles. The van der Waals surface area contributed by atoms with Crippen molar-refractivity contribution in [2.24, 2.45) is 5.73 Å². The zero-order valence-electron chi connectivity index (χ0n) is 10.4. The molecule has 5 nitrogen and oxygen atoms in total. The number of nitrogens with two attached hydrogens (primary N) is 1. The number of rotatable bonds is 6. The predicted molar refractivity (Wildman–Crippen MR) is 78.7 cm³/mol. The van der Waals surface area contributed by atoms with E-state index in [0.29, 0.717) is 24.5 Å². The van der Waals surface area contributed by atoms with Crippen molar-refractivity contribution in [2.45, 2.75) is 13.0 Å². The summed E-state index contributed by atoms with van der Waals surface area (Å²) in [6.45, 7) is 1.41. The Morgan fingerprint density at radius 2 is 2.11 bits per heavy atom. The van der Waals surface area contributed by atoms with Crippen molar-refractivity contribution in [1.29, 1.82) is 0 Å². The molecule has 0 saturated heterocycles. The maximum atomic E-state index is 5.57. The van der Waals surface area contributed by atoms with Crippen LogP contribution < -0.4 is 10.6 Å². The van der Waals surface area contributed by atoms with E-state index >= 15 is 0 Å². The summed E-state index contributed by atoms with van der Waals surface area (Å²) in [5.41, 5.74) is 6.68. The van der Waals surface area contributed by atoms with Gasteiger partial charge in [-0.2, -0.15) is 5.10 Å². The van der Waals surface area contributed by atoms with Gasteiger partial charge in [-0.3, -0.25) is 4.98 Å². The fraction of sp³-hybridized carbons (Fsp3) is 0.231. The smallest absolute Gasteiger partial charge is 0.151 e. The van der Waals surface area contributed by atoms with E-state index < -0.39 is 0 Å². The standard InChI is InChI=1S/C13H15N5S/c14-12(19)5-8-18(13-4-2-7-16-17-13)10-11-3-1-6-15-9-11/h1-4,6-7,9H,5,8,10H2,(H2,14,19). The van der Waals surface area contributed by atoms with E-state index in [1.807, 2.05) is 30.5 Å². The minimum absolute atomic E-state index is 0.500. The summed E-state index contributed by atoms with van der Waals surface area (Å²) in [4.78, 5) is 6.70. The SMILES string of the molecule is NC(=S)CCN(Cc1cccnc1)c1cccnn1. The number of anilines is 1. The van der Waals surface area contributed by atoms with Crippen molar-refractivity contribution < 1.29 is 0 Å². The van der Waals surface area contributed by atoms with Crippen LogP contribution in [0, 0.1) is 0 Å². The van der Waals surface area contributed by atoms with Crippen LogP contribution in [0.3, 0.4) is 0 Å². The van der Waals surface area contributed by atoms with Crippen molar-refractivity contribution in [1.82, 2.24) is 15.2 Å². The van der Waals surface area contributed by atoms with Gasteiger partial charge in [0.25, 0.3) is 0 Å². The number of thiocarbonyl (C=S) groups is 1. The lowest BCUT2D eigenvalue weighted by molar-refractivity contribution is 0.774. The molecule has 2 aromatic rings. The summed E-state index contributed by atoms with van der Waals surface area (Å²) in [6.07, 6.45) is 5.89. The molecular formula is C13H15N5S. The molecule has 0 bridgehead atoms. The average Bonchev–Trinajstić information content (AvgIpc) is 2.45. The Labute approximate surface area is 117 Å². The van der Waals surface area contributed by atoms with E-state index in [1.165, 1.54) is 0 Å². The Morgan fingerprint density at radius 1 is 1.26 bits per heavy atom. The molecule has 19 heavy (non-hydrogen) atoms. The molecule has 0 amide bonds. The van der Waals surface area contributed by atoms with E-state index in [4.69, 9.17) is 18.0 Å². The lowest BCUT2D eigenvalue weighted by Gasteiger charge is -2.22. The topological polar surface area (TPSA) is 67.9 Å². The number of hydrogen-bond acceptors (Lipinski definition) is 5. The monoisotopic (exact) mass is 273 g/mol. The van der Waals surface area contributed by atoms with Crippen LogP contribution in [-0.2, 0) is 6.54 Å². The number of aromatic nitrogens is 3. The van der Waals surface area contributed by atoms with Crippen molar-refractivity contribution in [3.63, 3.8) is 0 Å². The summed E-state index contributed by atoms with van der Waals surface area (Å²) in [5.74, 6) is 0.808. The molecule has 0 aliphatic carbocycles. The predicted octanol–water partition coefficient (Wildman–Crippen LogP) is 1.55. The second-order valence-corrected chi connectivity index (χ2v) is 4.61. The Kier molecular flexibility index (Phi) is 4.74. The Morgan fingerprint density at radius 3 is 2.74 bits per heavy atom. The molecule has 0 spiro atoms. The van der Waals surface area contributed by atoms with Gasteiger partial charge in [0.1, 0.15) is 0 Å². The third-order valence-corrected chi connectivity index (χ3v) is 2.81. The van der Waals surface area contributed by atoms with Gasteiger partial charge in [-0.25, -0.2) is 0 Å². The highest BCUT2D eigenvalue weighted by Crippen LogP contribution is 2.13. The summed E-state index contributed by atoms with van der Waals surface area (Å²) < 4.78 is 0. The first-order valence-electron chi connectivity index (χ1n) is 5.95. The Bertz CT molecular complexity index is 517. The highest BCUT2D eigenvalue weighted by atomic mass is 32.1. The summed E-state index contributed by atoms with van der Waals surface area (Å²) >= 11 is 4.93. The molecule has 2 N–H and O–H groups in total.